The Hall–Kier alpha value is -3.66. The predicted molar refractivity (Wildman–Crippen MR) is 213 cm³/mol. The Morgan fingerprint density at radius 2 is 0.855 bits per heavy atom. The van der Waals surface area contributed by atoms with Crippen LogP contribution in [0.15, 0.2) is 48.5 Å². The van der Waals surface area contributed by atoms with Crippen LogP contribution >= 0.6 is 0 Å². The number of ether oxygens (including phenoxy) is 2. The highest BCUT2D eigenvalue weighted by molar-refractivity contribution is 5.89. The van der Waals surface area contributed by atoms with Gasteiger partial charge < -0.3 is 29.1 Å². The van der Waals surface area contributed by atoms with E-state index < -0.39 is 24.1 Å². The zero-order chi connectivity index (χ0) is 43.7. The minimum Gasteiger partial charge on any atom is -0.405 e. The molecule has 2 amide bonds. The van der Waals surface area contributed by atoms with Gasteiger partial charge in [-0.2, -0.15) is 0 Å². The molecule has 2 atom stereocenters. The Labute approximate surface area is 357 Å². The lowest BCUT2D eigenvalue weighted by atomic mass is 9.77. The highest BCUT2D eigenvalue weighted by Gasteiger charge is 2.60. The molecule has 4 aliphatic carbocycles. The second-order valence-corrected chi connectivity index (χ2v) is 19.8. The average molecular weight is 881 g/mol. The van der Waals surface area contributed by atoms with Gasteiger partial charge in [0.15, 0.2) is 11.3 Å². The zero-order valence-electron chi connectivity index (χ0n) is 34.9. The summed E-state index contributed by atoms with van der Waals surface area (Å²) in [5, 5.41) is 0. The molecule has 0 radical (unpaired) electrons. The molecule has 8 nitrogen and oxygen atoms in total. The fourth-order valence-electron chi connectivity index (χ4n) is 11.8. The normalized spacial score (nSPS) is 27.9. The van der Waals surface area contributed by atoms with E-state index in [1.807, 2.05) is 0 Å². The van der Waals surface area contributed by atoms with Crippen LogP contribution in [0.3, 0.4) is 0 Å². The molecule has 16 heteroatoms. The second kappa shape index (κ2) is 16.1. The third-order valence-corrected chi connectivity index (χ3v) is 15.4. The summed E-state index contributed by atoms with van der Waals surface area (Å²) in [5.74, 6) is -0.700. The van der Waals surface area contributed by atoms with E-state index in [2.05, 4.69) is 19.3 Å². The SMILES string of the molecule is O=C(N1CC2(CC[C@@H](N3CCC(c4ccccc4OC(F)(F)F)CC3)C2)C1)C1(F)CC1.O=C(N1CC2(CC[C@H](N3CCC(c4ccccc4OC(F)(F)F)CC3)C2)C1)C1(F)CC1. The van der Waals surface area contributed by atoms with Gasteiger partial charge >= 0.3 is 12.7 Å². The van der Waals surface area contributed by atoms with Crippen LogP contribution in [0.1, 0.15) is 113 Å². The number of likely N-dealkylation sites (tertiary alicyclic amines) is 4. The summed E-state index contributed by atoms with van der Waals surface area (Å²) < 4.78 is 113. The fourth-order valence-corrected chi connectivity index (χ4v) is 11.8. The number of piperidine rings is 2. The quantitative estimate of drug-likeness (QED) is 0.247. The number of hydrogen-bond donors (Lipinski definition) is 0. The lowest BCUT2D eigenvalue weighted by molar-refractivity contribution is -0.276. The summed E-state index contributed by atoms with van der Waals surface area (Å²) in [6, 6.07) is 13.8. The van der Waals surface area contributed by atoms with E-state index in [0.29, 0.717) is 75.1 Å². The molecule has 8 fully saturated rings. The number of para-hydroxylation sites is 2. The van der Waals surface area contributed by atoms with Crippen molar-refractivity contribution in [3.8, 4) is 11.5 Å². The molecule has 2 aromatic rings. The van der Waals surface area contributed by atoms with Gasteiger partial charge in [0.05, 0.1) is 0 Å². The largest absolute Gasteiger partial charge is 0.573 e. The van der Waals surface area contributed by atoms with Crippen molar-refractivity contribution in [2.24, 2.45) is 10.8 Å². The van der Waals surface area contributed by atoms with Gasteiger partial charge in [-0.05, 0) is 151 Å². The molecule has 340 valence electrons. The zero-order valence-corrected chi connectivity index (χ0v) is 34.9. The van der Waals surface area contributed by atoms with Gasteiger partial charge in [0, 0.05) is 49.1 Å². The lowest BCUT2D eigenvalue weighted by Crippen LogP contribution is -2.60. The number of amides is 2. The molecule has 0 N–H and O–H groups in total. The van der Waals surface area contributed by atoms with Gasteiger partial charge in [-0.25, -0.2) is 8.78 Å². The van der Waals surface area contributed by atoms with Gasteiger partial charge in [0.1, 0.15) is 11.5 Å². The molecule has 8 aliphatic rings. The van der Waals surface area contributed by atoms with Crippen LogP contribution in [0.2, 0.25) is 0 Å². The van der Waals surface area contributed by atoms with Crippen LogP contribution in [0.5, 0.6) is 11.5 Å². The number of nitrogens with zero attached hydrogens (tertiary/aromatic N) is 4. The molecule has 4 heterocycles. The first-order valence-electron chi connectivity index (χ1n) is 22.5. The van der Waals surface area contributed by atoms with Gasteiger partial charge in [-0.1, -0.05) is 36.4 Å². The summed E-state index contributed by atoms with van der Waals surface area (Å²) in [6.07, 6.45) is 1.60. The summed E-state index contributed by atoms with van der Waals surface area (Å²) in [5.41, 5.74) is -1.61. The third-order valence-electron chi connectivity index (χ3n) is 15.4. The maximum Gasteiger partial charge on any atom is 0.573 e. The van der Waals surface area contributed by atoms with Crippen molar-refractivity contribution in [3.05, 3.63) is 59.7 Å². The Morgan fingerprint density at radius 3 is 1.18 bits per heavy atom. The van der Waals surface area contributed by atoms with Crippen LogP contribution in [0.25, 0.3) is 0 Å². The highest BCUT2D eigenvalue weighted by Crippen LogP contribution is 2.53. The van der Waals surface area contributed by atoms with E-state index in [0.717, 1.165) is 90.4 Å². The van der Waals surface area contributed by atoms with Gasteiger partial charge in [0.25, 0.3) is 11.8 Å². The van der Waals surface area contributed by atoms with Crippen LogP contribution in [-0.4, -0.2) is 120 Å². The van der Waals surface area contributed by atoms with Gasteiger partial charge in [-0.15, -0.1) is 26.3 Å². The van der Waals surface area contributed by atoms with Crippen molar-refractivity contribution in [1.29, 1.82) is 0 Å². The summed E-state index contributed by atoms with van der Waals surface area (Å²) in [6.45, 7) is 6.09. The fraction of sp³-hybridized carbons (Fsp3) is 0.696. The number of hydrogen-bond acceptors (Lipinski definition) is 6. The number of carbonyl (C=O) groups excluding carboxylic acids is 2. The van der Waals surface area contributed by atoms with Gasteiger partial charge in [0.2, 0.25) is 0 Å². The first-order valence-corrected chi connectivity index (χ1v) is 22.5. The maximum absolute atomic E-state index is 14.0. The van der Waals surface area contributed by atoms with E-state index in [1.165, 1.54) is 12.1 Å². The first-order chi connectivity index (χ1) is 29.3. The molecule has 2 aromatic carbocycles. The van der Waals surface area contributed by atoms with Crippen molar-refractivity contribution in [2.75, 3.05) is 52.4 Å². The monoisotopic (exact) mass is 880 g/mol. The molecule has 4 aliphatic heterocycles. The molecule has 0 aromatic heterocycles. The van der Waals surface area contributed by atoms with E-state index >= 15 is 0 Å². The van der Waals surface area contributed by atoms with Crippen LogP contribution in [0.4, 0.5) is 35.1 Å². The topological polar surface area (TPSA) is 65.6 Å². The average Bonchev–Trinajstić information content (AvgIpc) is 4.02. The van der Waals surface area contributed by atoms with Crippen LogP contribution in [0, 0.1) is 10.8 Å². The number of rotatable bonds is 8. The van der Waals surface area contributed by atoms with E-state index in [-0.39, 0.29) is 46.0 Å². The molecule has 0 bridgehead atoms. The Morgan fingerprint density at radius 1 is 0.516 bits per heavy atom. The molecular weight excluding hydrogens is 825 g/mol. The van der Waals surface area contributed by atoms with Crippen molar-refractivity contribution in [3.63, 3.8) is 0 Å². The minimum absolute atomic E-state index is 0.0567. The Balaban J connectivity index is 0.000000158. The standard InChI is InChI=1S/2C23H28F4N2O2/c2*24-22(9-10-22)20(30)29-14-21(15-29)8-5-17(13-21)28-11-6-16(7-12-28)18-3-1-2-4-19(18)31-23(25,26)27/h2*1-4,16-17H,5-15H2/t2*17-/m10/s1. The summed E-state index contributed by atoms with van der Waals surface area (Å²) >= 11 is 0. The molecule has 10 rings (SSSR count). The van der Waals surface area contributed by atoms with Crippen molar-refractivity contribution in [1.82, 2.24) is 19.6 Å². The van der Waals surface area contributed by atoms with E-state index in [9.17, 15) is 44.7 Å². The number of benzene rings is 2. The molecule has 0 unspecified atom stereocenters. The van der Waals surface area contributed by atoms with Gasteiger partial charge in [-0.3, -0.25) is 9.59 Å². The minimum atomic E-state index is -4.69. The smallest absolute Gasteiger partial charge is 0.405 e. The second-order valence-electron chi connectivity index (χ2n) is 19.8. The van der Waals surface area contributed by atoms with Crippen molar-refractivity contribution < 1.29 is 54.2 Å². The lowest BCUT2D eigenvalue weighted by Gasteiger charge is -2.49. The number of carbonyl (C=O) groups is 2. The third kappa shape index (κ3) is 9.28. The van der Waals surface area contributed by atoms with Crippen LogP contribution in [-0.2, 0) is 9.59 Å². The molecule has 62 heavy (non-hydrogen) atoms. The first kappa shape index (κ1) is 43.6. The van der Waals surface area contributed by atoms with E-state index in [4.69, 9.17) is 0 Å². The molecule has 4 saturated heterocycles. The summed E-state index contributed by atoms with van der Waals surface area (Å²) in [7, 11) is 0. The summed E-state index contributed by atoms with van der Waals surface area (Å²) in [4.78, 5) is 32.7. The number of alkyl halides is 8. The molecule has 4 saturated carbocycles. The maximum atomic E-state index is 14.0. The van der Waals surface area contributed by atoms with Crippen molar-refractivity contribution in [2.45, 2.75) is 138 Å². The molecular formula is C46H56F8N4O4. The van der Waals surface area contributed by atoms with E-state index in [1.54, 1.807) is 46.2 Å². The van der Waals surface area contributed by atoms with Crippen LogP contribution < -0.4 is 9.47 Å². The molecule has 2 spiro atoms. The number of halogens is 8. The Kier molecular flexibility index (Phi) is 11.3. The highest BCUT2D eigenvalue weighted by atomic mass is 19.4. The Bertz CT molecular complexity index is 1820. The predicted octanol–water partition coefficient (Wildman–Crippen LogP) is 9.30. The van der Waals surface area contributed by atoms with Crippen molar-refractivity contribution >= 4 is 11.8 Å².